The average molecular weight is 410 g/mol. The van der Waals surface area contributed by atoms with Gasteiger partial charge in [0.1, 0.15) is 15.5 Å². The minimum absolute atomic E-state index is 0.141. The number of nitrogens with one attached hydrogen (secondary N) is 2. The van der Waals surface area contributed by atoms with E-state index in [0.717, 1.165) is 10.6 Å². The number of aryl methyl sites for hydroxylation is 1. The summed E-state index contributed by atoms with van der Waals surface area (Å²) >= 11 is 2.98. The van der Waals surface area contributed by atoms with E-state index >= 15 is 0 Å². The number of carbonyl (C=O) groups is 2. The average Bonchev–Trinajstić information content (AvgIpc) is 3.18. The summed E-state index contributed by atoms with van der Waals surface area (Å²) in [5.41, 5.74) is 1.17. The first-order valence-corrected chi connectivity index (χ1v) is 10.6. The summed E-state index contributed by atoms with van der Waals surface area (Å²) in [6.45, 7) is 11.6. The van der Waals surface area contributed by atoms with Crippen LogP contribution in [0.3, 0.4) is 0 Å². The van der Waals surface area contributed by atoms with Crippen LogP contribution < -0.4 is 10.6 Å². The highest BCUT2D eigenvalue weighted by Gasteiger charge is 2.23. The van der Waals surface area contributed by atoms with Gasteiger partial charge in [-0.1, -0.05) is 13.8 Å². The fourth-order valence-corrected chi connectivity index (χ4v) is 4.01. The molecule has 8 heteroatoms. The largest absolute Gasteiger partial charge is 0.444 e. The van der Waals surface area contributed by atoms with Crippen molar-refractivity contribution in [3.63, 3.8) is 0 Å². The molecule has 2 aromatic rings. The second kappa shape index (κ2) is 8.84. The Morgan fingerprint density at radius 1 is 1.30 bits per heavy atom. The second-order valence-electron chi connectivity index (χ2n) is 7.65. The van der Waals surface area contributed by atoms with Gasteiger partial charge in [-0.3, -0.25) is 4.79 Å². The lowest BCUT2D eigenvalue weighted by Crippen LogP contribution is -2.48. The number of ether oxygens (including phenoxy) is 1. The zero-order valence-electron chi connectivity index (χ0n) is 16.6. The lowest BCUT2D eigenvalue weighted by molar-refractivity contribution is 0.0487. The fourth-order valence-electron chi connectivity index (χ4n) is 2.31. The van der Waals surface area contributed by atoms with Crippen LogP contribution in [0, 0.1) is 12.8 Å². The van der Waals surface area contributed by atoms with Gasteiger partial charge in [0.15, 0.2) is 0 Å². The van der Waals surface area contributed by atoms with E-state index in [1.54, 1.807) is 11.3 Å². The van der Waals surface area contributed by atoms with Gasteiger partial charge >= 0.3 is 6.09 Å². The van der Waals surface area contributed by atoms with Crippen molar-refractivity contribution in [1.29, 1.82) is 0 Å². The van der Waals surface area contributed by atoms with E-state index in [4.69, 9.17) is 4.74 Å². The van der Waals surface area contributed by atoms with Gasteiger partial charge < -0.3 is 15.4 Å². The Labute approximate surface area is 168 Å². The maximum absolute atomic E-state index is 12.6. The first kappa shape index (κ1) is 21.4. The van der Waals surface area contributed by atoms with Crippen LogP contribution in [0.5, 0.6) is 0 Å². The van der Waals surface area contributed by atoms with E-state index < -0.39 is 11.7 Å². The highest BCUT2D eigenvalue weighted by Crippen LogP contribution is 2.29. The maximum Gasteiger partial charge on any atom is 0.407 e. The maximum atomic E-state index is 12.6. The van der Waals surface area contributed by atoms with E-state index in [-0.39, 0.29) is 17.9 Å². The van der Waals surface area contributed by atoms with Gasteiger partial charge in [-0.05, 0) is 45.1 Å². The van der Waals surface area contributed by atoms with Crippen LogP contribution in [0.15, 0.2) is 16.8 Å². The van der Waals surface area contributed by atoms with Crippen LogP contribution in [0.25, 0.3) is 10.6 Å². The minimum atomic E-state index is -0.563. The molecule has 27 heavy (non-hydrogen) atoms. The normalized spacial score (nSPS) is 12.7. The smallest absolute Gasteiger partial charge is 0.407 e. The first-order valence-electron chi connectivity index (χ1n) is 8.84. The number of thiophene rings is 1. The summed E-state index contributed by atoms with van der Waals surface area (Å²) in [5, 5.41) is 10.6. The molecule has 2 heterocycles. The SMILES string of the molecule is Cc1nc(-c2ccsc2)sc1C(=O)NCC(NC(=O)OC(C)(C)C)C(C)C. The van der Waals surface area contributed by atoms with E-state index in [0.29, 0.717) is 17.1 Å². The molecule has 0 aliphatic carbocycles. The Bertz CT molecular complexity index is 777. The van der Waals surface area contributed by atoms with Crippen molar-refractivity contribution in [3.8, 4) is 10.6 Å². The standard InChI is InChI=1S/C19H27N3O3S2/c1-11(2)14(22-18(24)25-19(4,5)6)9-20-16(23)15-12(3)21-17(27-15)13-7-8-26-10-13/h7-8,10-11,14H,9H2,1-6H3,(H,20,23)(H,22,24). The number of rotatable bonds is 6. The van der Waals surface area contributed by atoms with Crippen molar-refractivity contribution in [2.75, 3.05) is 6.54 Å². The third-order valence-corrected chi connectivity index (χ3v) is 5.65. The van der Waals surface area contributed by atoms with E-state index in [1.165, 1.54) is 11.3 Å². The molecule has 2 N–H and O–H groups in total. The van der Waals surface area contributed by atoms with Crippen molar-refractivity contribution in [2.24, 2.45) is 5.92 Å². The summed E-state index contributed by atoms with van der Waals surface area (Å²) in [4.78, 5) is 29.7. The molecule has 0 bridgehead atoms. The number of aromatic nitrogens is 1. The molecule has 148 valence electrons. The second-order valence-corrected chi connectivity index (χ2v) is 9.43. The molecule has 0 aliphatic rings. The predicted octanol–water partition coefficient (Wildman–Crippen LogP) is 4.46. The van der Waals surface area contributed by atoms with Crippen molar-refractivity contribution >= 4 is 34.7 Å². The van der Waals surface area contributed by atoms with Crippen LogP contribution in [0.4, 0.5) is 4.79 Å². The Kier molecular flexibility index (Phi) is 7.00. The first-order chi connectivity index (χ1) is 12.6. The minimum Gasteiger partial charge on any atom is -0.444 e. The predicted molar refractivity (Wildman–Crippen MR) is 110 cm³/mol. The van der Waals surface area contributed by atoms with Crippen molar-refractivity contribution < 1.29 is 14.3 Å². The van der Waals surface area contributed by atoms with E-state index in [1.807, 2.05) is 58.4 Å². The highest BCUT2D eigenvalue weighted by molar-refractivity contribution is 7.17. The van der Waals surface area contributed by atoms with Gasteiger partial charge in [0, 0.05) is 17.5 Å². The Morgan fingerprint density at radius 2 is 2.00 bits per heavy atom. The van der Waals surface area contributed by atoms with Crippen LogP contribution in [-0.4, -0.2) is 35.2 Å². The number of hydrogen-bond donors (Lipinski definition) is 2. The summed E-state index contributed by atoms with van der Waals surface area (Å²) in [7, 11) is 0. The van der Waals surface area contributed by atoms with Crippen molar-refractivity contribution in [3.05, 3.63) is 27.4 Å². The zero-order chi connectivity index (χ0) is 20.2. The number of hydrogen-bond acceptors (Lipinski definition) is 6. The molecule has 0 fully saturated rings. The lowest BCUT2D eigenvalue weighted by Gasteiger charge is -2.26. The molecule has 2 aromatic heterocycles. The van der Waals surface area contributed by atoms with Crippen LogP contribution in [0.2, 0.25) is 0 Å². The van der Waals surface area contributed by atoms with Crippen LogP contribution >= 0.6 is 22.7 Å². The van der Waals surface area contributed by atoms with E-state index in [2.05, 4.69) is 15.6 Å². The molecule has 0 radical (unpaired) electrons. The molecule has 2 rings (SSSR count). The molecular weight excluding hydrogens is 382 g/mol. The number of nitrogens with zero attached hydrogens (tertiary/aromatic N) is 1. The summed E-state index contributed by atoms with van der Waals surface area (Å²) in [5.74, 6) is -0.0372. The molecule has 0 saturated carbocycles. The summed E-state index contributed by atoms with van der Waals surface area (Å²) in [6.07, 6.45) is -0.482. The lowest BCUT2D eigenvalue weighted by atomic mass is 10.0. The molecule has 1 atom stereocenters. The number of carbonyl (C=O) groups excluding carboxylic acids is 2. The third kappa shape index (κ3) is 6.32. The zero-order valence-corrected chi connectivity index (χ0v) is 18.2. The third-order valence-electron chi connectivity index (χ3n) is 3.76. The van der Waals surface area contributed by atoms with Gasteiger partial charge in [0.05, 0.1) is 11.7 Å². The Morgan fingerprint density at radius 3 is 2.56 bits per heavy atom. The molecular formula is C19H27N3O3S2. The summed E-state index contributed by atoms with van der Waals surface area (Å²) in [6, 6.07) is 1.76. The molecule has 0 aromatic carbocycles. The molecule has 2 amide bonds. The quantitative estimate of drug-likeness (QED) is 0.738. The molecule has 0 aliphatic heterocycles. The van der Waals surface area contributed by atoms with Crippen molar-refractivity contribution in [2.45, 2.75) is 53.2 Å². The van der Waals surface area contributed by atoms with Crippen LogP contribution in [0.1, 0.15) is 50.0 Å². The van der Waals surface area contributed by atoms with Gasteiger partial charge in [0.25, 0.3) is 5.91 Å². The molecule has 0 saturated heterocycles. The van der Waals surface area contributed by atoms with Gasteiger partial charge in [0.2, 0.25) is 0 Å². The number of amides is 2. The topological polar surface area (TPSA) is 80.3 Å². The van der Waals surface area contributed by atoms with E-state index in [9.17, 15) is 9.59 Å². The van der Waals surface area contributed by atoms with Crippen LogP contribution in [-0.2, 0) is 4.74 Å². The highest BCUT2D eigenvalue weighted by atomic mass is 32.1. The van der Waals surface area contributed by atoms with Crippen molar-refractivity contribution in [1.82, 2.24) is 15.6 Å². The fraction of sp³-hybridized carbons (Fsp3) is 0.526. The summed E-state index contributed by atoms with van der Waals surface area (Å²) < 4.78 is 5.30. The van der Waals surface area contributed by atoms with Gasteiger partial charge in [-0.25, -0.2) is 9.78 Å². The van der Waals surface area contributed by atoms with Gasteiger partial charge in [-0.15, -0.1) is 11.3 Å². The number of alkyl carbamates (subject to hydrolysis) is 1. The molecule has 6 nitrogen and oxygen atoms in total. The molecule has 1 unspecified atom stereocenters. The van der Waals surface area contributed by atoms with Gasteiger partial charge in [-0.2, -0.15) is 11.3 Å². The monoisotopic (exact) mass is 409 g/mol. The Hall–Kier alpha value is -1.93. The molecule has 0 spiro atoms. The Balaban J connectivity index is 1.99. The number of thiazole rings is 1.